The fourth-order valence-corrected chi connectivity index (χ4v) is 1.86. The van der Waals surface area contributed by atoms with Gasteiger partial charge in [0, 0.05) is 25.2 Å². The van der Waals surface area contributed by atoms with E-state index in [9.17, 15) is 4.79 Å². The quantitative estimate of drug-likeness (QED) is 0.724. The molecule has 1 atom stereocenters. The molecule has 17 heavy (non-hydrogen) atoms. The van der Waals surface area contributed by atoms with Crippen LogP contribution in [0.25, 0.3) is 0 Å². The smallest absolute Gasteiger partial charge is 0.220 e. The molecule has 0 aliphatic rings. The van der Waals surface area contributed by atoms with Gasteiger partial charge in [-0.25, -0.2) is 0 Å². The van der Waals surface area contributed by atoms with Gasteiger partial charge in [0.15, 0.2) is 0 Å². The third-order valence-corrected chi connectivity index (χ3v) is 2.73. The second kappa shape index (κ2) is 6.39. The van der Waals surface area contributed by atoms with Gasteiger partial charge in [-0.2, -0.15) is 5.10 Å². The molecule has 0 aliphatic heterocycles. The molecule has 1 aromatic rings. The SMILES string of the molecule is CNCCCC(=O)NC(C)c1cn(C)nc1C. The molecule has 1 heterocycles. The van der Waals surface area contributed by atoms with Gasteiger partial charge < -0.3 is 10.6 Å². The van der Waals surface area contributed by atoms with Crippen molar-refractivity contribution in [2.45, 2.75) is 32.7 Å². The molecule has 2 N–H and O–H groups in total. The molecule has 0 saturated carbocycles. The molecular formula is C12H22N4O. The van der Waals surface area contributed by atoms with Crippen molar-refractivity contribution in [1.29, 1.82) is 0 Å². The fourth-order valence-electron chi connectivity index (χ4n) is 1.86. The molecule has 1 aromatic heterocycles. The van der Waals surface area contributed by atoms with E-state index in [2.05, 4.69) is 15.7 Å². The third-order valence-electron chi connectivity index (χ3n) is 2.73. The third kappa shape index (κ3) is 4.19. The van der Waals surface area contributed by atoms with E-state index < -0.39 is 0 Å². The first kappa shape index (κ1) is 13.7. The molecule has 1 unspecified atom stereocenters. The summed E-state index contributed by atoms with van der Waals surface area (Å²) in [5.74, 6) is 0.0935. The van der Waals surface area contributed by atoms with Crippen LogP contribution in [0.4, 0.5) is 0 Å². The van der Waals surface area contributed by atoms with Gasteiger partial charge >= 0.3 is 0 Å². The van der Waals surface area contributed by atoms with Crippen LogP contribution in [0.15, 0.2) is 6.20 Å². The Bertz CT molecular complexity index is 373. The summed E-state index contributed by atoms with van der Waals surface area (Å²) in [6.45, 7) is 4.81. The van der Waals surface area contributed by atoms with Gasteiger partial charge in [-0.15, -0.1) is 0 Å². The van der Waals surface area contributed by atoms with E-state index in [1.165, 1.54) is 0 Å². The van der Waals surface area contributed by atoms with Crippen molar-refractivity contribution in [1.82, 2.24) is 20.4 Å². The number of aryl methyl sites for hydroxylation is 2. The van der Waals surface area contributed by atoms with Crippen molar-refractivity contribution in [2.75, 3.05) is 13.6 Å². The van der Waals surface area contributed by atoms with Crippen LogP contribution in [0.1, 0.15) is 37.1 Å². The minimum Gasteiger partial charge on any atom is -0.349 e. The molecule has 0 radical (unpaired) electrons. The van der Waals surface area contributed by atoms with Gasteiger partial charge in [-0.3, -0.25) is 9.48 Å². The second-order valence-electron chi connectivity index (χ2n) is 4.34. The Hall–Kier alpha value is -1.36. The monoisotopic (exact) mass is 238 g/mol. The van der Waals surface area contributed by atoms with Gasteiger partial charge in [-0.05, 0) is 33.9 Å². The van der Waals surface area contributed by atoms with Crippen molar-refractivity contribution in [2.24, 2.45) is 7.05 Å². The first-order valence-electron chi connectivity index (χ1n) is 5.98. The highest BCUT2D eigenvalue weighted by Crippen LogP contribution is 2.15. The van der Waals surface area contributed by atoms with Crippen LogP contribution in [-0.4, -0.2) is 29.3 Å². The van der Waals surface area contributed by atoms with Crippen LogP contribution in [0, 0.1) is 6.92 Å². The summed E-state index contributed by atoms with van der Waals surface area (Å²) in [6.07, 6.45) is 3.37. The maximum Gasteiger partial charge on any atom is 0.220 e. The molecular weight excluding hydrogens is 216 g/mol. The first-order chi connectivity index (χ1) is 8.04. The zero-order chi connectivity index (χ0) is 12.8. The average Bonchev–Trinajstić information content (AvgIpc) is 2.58. The predicted octanol–water partition coefficient (Wildman–Crippen LogP) is 0.905. The summed E-state index contributed by atoms with van der Waals surface area (Å²) in [5.41, 5.74) is 2.05. The highest BCUT2D eigenvalue weighted by molar-refractivity contribution is 5.76. The van der Waals surface area contributed by atoms with E-state index >= 15 is 0 Å². The number of carbonyl (C=O) groups is 1. The van der Waals surface area contributed by atoms with Crippen LogP contribution in [0.5, 0.6) is 0 Å². The van der Waals surface area contributed by atoms with E-state index in [0.717, 1.165) is 24.2 Å². The molecule has 5 nitrogen and oxygen atoms in total. The number of nitrogens with one attached hydrogen (secondary N) is 2. The Morgan fingerprint density at radius 3 is 2.82 bits per heavy atom. The predicted molar refractivity (Wildman–Crippen MR) is 67.7 cm³/mol. The molecule has 0 saturated heterocycles. The van der Waals surface area contributed by atoms with Gasteiger partial charge in [0.1, 0.15) is 0 Å². The molecule has 96 valence electrons. The Kier molecular flexibility index (Phi) is 5.15. The Balaban J connectivity index is 2.46. The Labute approximate surface area is 103 Å². The highest BCUT2D eigenvalue weighted by atomic mass is 16.1. The summed E-state index contributed by atoms with van der Waals surface area (Å²) in [4.78, 5) is 11.7. The lowest BCUT2D eigenvalue weighted by Crippen LogP contribution is -2.27. The lowest BCUT2D eigenvalue weighted by atomic mass is 10.1. The van der Waals surface area contributed by atoms with E-state index in [4.69, 9.17) is 0 Å². The molecule has 0 aliphatic carbocycles. The average molecular weight is 238 g/mol. The van der Waals surface area contributed by atoms with Crippen molar-refractivity contribution in [3.8, 4) is 0 Å². The Morgan fingerprint density at radius 2 is 2.29 bits per heavy atom. The molecule has 0 spiro atoms. The zero-order valence-electron chi connectivity index (χ0n) is 11.1. The fraction of sp³-hybridized carbons (Fsp3) is 0.667. The molecule has 0 fully saturated rings. The van der Waals surface area contributed by atoms with Crippen molar-refractivity contribution in [3.63, 3.8) is 0 Å². The van der Waals surface area contributed by atoms with Crippen LogP contribution >= 0.6 is 0 Å². The van der Waals surface area contributed by atoms with Crippen LogP contribution < -0.4 is 10.6 Å². The van der Waals surface area contributed by atoms with E-state index in [1.54, 1.807) is 4.68 Å². The number of aromatic nitrogens is 2. The van der Waals surface area contributed by atoms with Gasteiger partial charge in [0.2, 0.25) is 5.91 Å². The van der Waals surface area contributed by atoms with E-state index in [-0.39, 0.29) is 11.9 Å². The number of hydrogen-bond donors (Lipinski definition) is 2. The minimum atomic E-state index is 0.0192. The topological polar surface area (TPSA) is 59.0 Å². The Morgan fingerprint density at radius 1 is 1.59 bits per heavy atom. The lowest BCUT2D eigenvalue weighted by molar-refractivity contribution is -0.121. The maximum absolute atomic E-state index is 11.7. The molecule has 5 heteroatoms. The van der Waals surface area contributed by atoms with Crippen LogP contribution in [0.2, 0.25) is 0 Å². The van der Waals surface area contributed by atoms with Crippen LogP contribution in [-0.2, 0) is 11.8 Å². The number of nitrogens with zero attached hydrogens (tertiary/aromatic N) is 2. The molecule has 0 aromatic carbocycles. The standard InChI is InChI=1S/C12H22N4O/c1-9(11-8-16(4)15-10(11)2)14-12(17)6-5-7-13-3/h8-9,13H,5-7H2,1-4H3,(H,14,17). The van der Waals surface area contributed by atoms with Crippen molar-refractivity contribution in [3.05, 3.63) is 17.5 Å². The van der Waals surface area contributed by atoms with Crippen molar-refractivity contribution < 1.29 is 4.79 Å². The molecule has 1 rings (SSSR count). The summed E-state index contributed by atoms with van der Waals surface area (Å²) >= 11 is 0. The van der Waals surface area contributed by atoms with Crippen LogP contribution in [0.3, 0.4) is 0 Å². The number of carbonyl (C=O) groups excluding carboxylic acids is 1. The normalized spacial score (nSPS) is 12.5. The first-order valence-corrected chi connectivity index (χ1v) is 5.98. The zero-order valence-corrected chi connectivity index (χ0v) is 11.1. The van der Waals surface area contributed by atoms with Gasteiger partial charge in [0.25, 0.3) is 0 Å². The summed E-state index contributed by atoms with van der Waals surface area (Å²) in [7, 11) is 3.78. The second-order valence-corrected chi connectivity index (χ2v) is 4.34. The van der Waals surface area contributed by atoms with E-state index in [1.807, 2.05) is 34.1 Å². The van der Waals surface area contributed by atoms with Gasteiger partial charge in [0.05, 0.1) is 11.7 Å². The highest BCUT2D eigenvalue weighted by Gasteiger charge is 2.13. The lowest BCUT2D eigenvalue weighted by Gasteiger charge is -2.13. The number of amides is 1. The van der Waals surface area contributed by atoms with Gasteiger partial charge in [-0.1, -0.05) is 0 Å². The molecule has 0 bridgehead atoms. The summed E-state index contributed by atoms with van der Waals surface area (Å²) in [5, 5.41) is 10.3. The minimum absolute atomic E-state index is 0.0192. The number of rotatable bonds is 6. The van der Waals surface area contributed by atoms with Crippen molar-refractivity contribution >= 4 is 5.91 Å². The molecule has 1 amide bonds. The van der Waals surface area contributed by atoms with E-state index in [0.29, 0.717) is 6.42 Å². The maximum atomic E-state index is 11.7. The largest absolute Gasteiger partial charge is 0.349 e. The number of hydrogen-bond acceptors (Lipinski definition) is 3. The summed E-state index contributed by atoms with van der Waals surface area (Å²) in [6, 6.07) is 0.0192. The summed E-state index contributed by atoms with van der Waals surface area (Å²) < 4.78 is 1.77.